The average Bonchev–Trinajstić information content (AvgIpc) is 3.00. The zero-order valence-electron chi connectivity index (χ0n) is 26.9. The third kappa shape index (κ3) is 12.4. The van der Waals surface area contributed by atoms with E-state index in [1.54, 1.807) is 30.3 Å². The van der Waals surface area contributed by atoms with Crippen molar-refractivity contribution in [1.82, 2.24) is 0 Å². The van der Waals surface area contributed by atoms with Crippen LogP contribution in [0.3, 0.4) is 0 Å². The fraction of sp³-hybridized carbons (Fsp3) is 0.613. The molecule has 0 spiro atoms. The molecule has 2 aromatic rings. The van der Waals surface area contributed by atoms with Crippen LogP contribution in [0.1, 0.15) is 66.9 Å². The quantitative estimate of drug-likeness (QED) is 0.242. The molecule has 4 nitrogen and oxygen atoms in total. The Labute approximate surface area is 266 Å². The molecular formula is C31H42F12O4. The second-order valence-corrected chi connectivity index (χ2v) is 9.39. The number of ether oxygens (including phenoxy) is 2. The van der Waals surface area contributed by atoms with Crippen LogP contribution in [0.5, 0.6) is 0 Å². The first-order valence-electron chi connectivity index (χ1n) is 14.5. The van der Waals surface area contributed by atoms with Gasteiger partial charge in [0.15, 0.2) is 0 Å². The Kier molecular flexibility index (Phi) is 19.3. The molecule has 0 aliphatic rings. The van der Waals surface area contributed by atoms with E-state index in [9.17, 15) is 57.8 Å². The van der Waals surface area contributed by atoms with Gasteiger partial charge in [-0.25, -0.2) is 0 Å². The van der Waals surface area contributed by atoms with Gasteiger partial charge < -0.3 is 19.7 Å². The molecule has 0 saturated heterocycles. The second-order valence-electron chi connectivity index (χ2n) is 9.39. The van der Waals surface area contributed by atoms with Crippen LogP contribution in [-0.2, 0) is 15.1 Å². The zero-order chi connectivity index (χ0) is 37.5. The van der Waals surface area contributed by atoms with Gasteiger partial charge in [0.05, 0.1) is 25.4 Å². The zero-order valence-corrected chi connectivity index (χ0v) is 26.9. The van der Waals surface area contributed by atoms with Gasteiger partial charge in [-0.1, -0.05) is 96.1 Å². The number of rotatable bonds is 10. The van der Waals surface area contributed by atoms with Crippen LogP contribution in [0.4, 0.5) is 52.7 Å². The Hall–Kier alpha value is -2.56. The number of benzene rings is 2. The first-order chi connectivity index (χ1) is 21.5. The maximum absolute atomic E-state index is 13.6. The summed E-state index contributed by atoms with van der Waals surface area (Å²) in [6.07, 6.45) is -25.6. The minimum absolute atomic E-state index is 0.00575. The molecule has 2 unspecified atom stereocenters. The molecule has 2 aromatic carbocycles. The molecule has 2 rings (SSSR count). The van der Waals surface area contributed by atoms with E-state index in [0.717, 1.165) is 12.1 Å². The summed E-state index contributed by atoms with van der Waals surface area (Å²) in [6, 6.07) is 12.4. The van der Waals surface area contributed by atoms with Crippen molar-refractivity contribution in [3.63, 3.8) is 0 Å². The van der Waals surface area contributed by atoms with Crippen molar-refractivity contribution in [2.75, 3.05) is 13.2 Å². The molecule has 274 valence electrons. The van der Waals surface area contributed by atoms with Crippen molar-refractivity contribution in [1.29, 1.82) is 0 Å². The van der Waals surface area contributed by atoms with Crippen molar-refractivity contribution in [3.05, 3.63) is 60.2 Å². The lowest BCUT2D eigenvalue weighted by Gasteiger charge is -2.38. The maximum atomic E-state index is 13.6. The third-order valence-electron chi connectivity index (χ3n) is 6.28. The molecule has 0 aliphatic carbocycles. The van der Waals surface area contributed by atoms with Gasteiger partial charge in [-0.2, -0.15) is 52.7 Å². The van der Waals surface area contributed by atoms with Crippen LogP contribution >= 0.6 is 0 Å². The lowest BCUT2D eigenvalue weighted by atomic mass is 9.90. The molecule has 0 aliphatic heterocycles. The molecule has 2 atom stereocenters. The lowest BCUT2D eigenvalue weighted by Crippen LogP contribution is -2.57. The molecule has 47 heavy (non-hydrogen) atoms. The standard InChI is InChI=1S/C19H18F6O2.C8H12F6O2.2C2H6/c1-2-16(26)12-27-17(18(20,21)22,19(23,24)25)15-10-8-14(9-11-15)13-6-4-3-5-7-13;1-3-5(15)4-16-6(2,7(9,10)11)8(12,13)14;2*1-2/h3-11,16,26H,2,12H2,1H3;5,15H,3-4H2,1-2H3;2*1-2H3. The minimum Gasteiger partial charge on any atom is -0.391 e. The molecule has 0 radical (unpaired) electrons. The minimum atomic E-state index is -5.77. The van der Waals surface area contributed by atoms with Crippen LogP contribution in [0.2, 0.25) is 0 Å². The smallest absolute Gasteiger partial charge is 0.391 e. The van der Waals surface area contributed by atoms with Gasteiger partial charge in [0.2, 0.25) is 0 Å². The molecule has 2 N–H and O–H groups in total. The number of aliphatic hydroxyl groups excluding tert-OH is 2. The van der Waals surface area contributed by atoms with E-state index < -0.39 is 66.9 Å². The first kappa shape index (κ1) is 46.6. The summed E-state index contributed by atoms with van der Waals surface area (Å²) >= 11 is 0. The Morgan fingerprint density at radius 1 is 0.532 bits per heavy atom. The molecular weight excluding hydrogens is 664 g/mol. The first-order valence-corrected chi connectivity index (χ1v) is 14.5. The number of hydrogen-bond donors (Lipinski definition) is 2. The molecule has 0 heterocycles. The summed E-state index contributed by atoms with van der Waals surface area (Å²) in [7, 11) is 0. The van der Waals surface area contributed by atoms with Crippen LogP contribution in [0.25, 0.3) is 11.1 Å². The topological polar surface area (TPSA) is 58.9 Å². The number of halogens is 12. The van der Waals surface area contributed by atoms with Crippen LogP contribution in [0, 0.1) is 0 Å². The van der Waals surface area contributed by atoms with Gasteiger partial charge in [0, 0.05) is 5.56 Å². The summed E-state index contributed by atoms with van der Waals surface area (Å²) in [5.41, 5.74) is -8.76. The van der Waals surface area contributed by atoms with Crippen molar-refractivity contribution in [3.8, 4) is 11.1 Å². The van der Waals surface area contributed by atoms with Gasteiger partial charge in [-0.3, -0.25) is 0 Å². The number of hydrogen-bond acceptors (Lipinski definition) is 4. The van der Waals surface area contributed by atoms with E-state index in [1.807, 2.05) is 27.7 Å². The molecule has 0 fully saturated rings. The number of alkyl halides is 12. The van der Waals surface area contributed by atoms with E-state index in [4.69, 9.17) is 5.11 Å². The summed E-state index contributed by atoms with van der Waals surface area (Å²) < 4.78 is 163. The van der Waals surface area contributed by atoms with E-state index in [-0.39, 0.29) is 19.8 Å². The molecule has 0 saturated carbocycles. The Morgan fingerprint density at radius 3 is 1.19 bits per heavy atom. The van der Waals surface area contributed by atoms with Gasteiger partial charge in [-0.05, 0) is 30.9 Å². The van der Waals surface area contributed by atoms with Crippen LogP contribution in [-0.4, -0.2) is 65.9 Å². The molecule has 16 heteroatoms. The third-order valence-corrected chi connectivity index (χ3v) is 6.28. The summed E-state index contributed by atoms with van der Waals surface area (Å²) in [4.78, 5) is 0. The summed E-state index contributed by atoms with van der Waals surface area (Å²) in [5.74, 6) is 0. The average molecular weight is 707 g/mol. The largest absolute Gasteiger partial charge is 0.430 e. The van der Waals surface area contributed by atoms with E-state index in [2.05, 4.69) is 9.47 Å². The lowest BCUT2D eigenvalue weighted by molar-refractivity contribution is -0.392. The van der Waals surface area contributed by atoms with Gasteiger partial charge in [0.1, 0.15) is 0 Å². The summed E-state index contributed by atoms with van der Waals surface area (Å²) in [6.45, 7) is 8.61. The van der Waals surface area contributed by atoms with Crippen molar-refractivity contribution >= 4 is 0 Å². The van der Waals surface area contributed by atoms with Gasteiger partial charge >= 0.3 is 24.7 Å². The monoisotopic (exact) mass is 706 g/mol. The summed E-state index contributed by atoms with van der Waals surface area (Å²) in [5, 5.41) is 18.3. The van der Waals surface area contributed by atoms with Gasteiger partial charge in [-0.15, -0.1) is 0 Å². The highest BCUT2D eigenvalue weighted by molar-refractivity contribution is 5.63. The fourth-order valence-electron chi connectivity index (χ4n) is 3.31. The van der Waals surface area contributed by atoms with Crippen molar-refractivity contribution in [2.45, 2.75) is 109 Å². The number of aliphatic hydroxyl groups is 2. The highest BCUT2D eigenvalue weighted by Crippen LogP contribution is 2.53. The van der Waals surface area contributed by atoms with Gasteiger partial charge in [0.25, 0.3) is 11.2 Å². The van der Waals surface area contributed by atoms with E-state index in [1.165, 1.54) is 26.0 Å². The normalized spacial score (nSPS) is 14.0. The highest BCUT2D eigenvalue weighted by atomic mass is 19.4. The van der Waals surface area contributed by atoms with Crippen molar-refractivity contribution in [2.24, 2.45) is 0 Å². The van der Waals surface area contributed by atoms with Crippen molar-refractivity contribution < 1.29 is 72.4 Å². The predicted molar refractivity (Wildman–Crippen MR) is 153 cm³/mol. The second kappa shape index (κ2) is 19.4. The van der Waals surface area contributed by atoms with Crippen LogP contribution < -0.4 is 0 Å². The molecule has 0 bridgehead atoms. The molecule has 0 amide bonds. The SMILES string of the molecule is CC.CC.CCC(O)COC(C)(C(F)(F)F)C(F)(F)F.CCC(O)COC(c1ccc(-c2ccccc2)cc1)(C(F)(F)F)C(F)(F)F. The van der Waals surface area contributed by atoms with E-state index in [0.29, 0.717) is 11.1 Å². The predicted octanol–water partition coefficient (Wildman–Crippen LogP) is 10.2. The highest BCUT2D eigenvalue weighted by Gasteiger charge is 2.73. The Bertz CT molecular complexity index is 1070. The Morgan fingerprint density at radius 2 is 0.872 bits per heavy atom. The maximum Gasteiger partial charge on any atom is 0.430 e. The fourth-order valence-corrected chi connectivity index (χ4v) is 3.31. The Balaban J connectivity index is 0. The van der Waals surface area contributed by atoms with E-state index >= 15 is 0 Å². The molecule has 0 aromatic heterocycles. The van der Waals surface area contributed by atoms with Crippen LogP contribution in [0.15, 0.2) is 54.6 Å².